The van der Waals surface area contributed by atoms with Gasteiger partial charge in [-0.3, -0.25) is 9.69 Å². The average Bonchev–Trinajstić information content (AvgIpc) is 3.11. The molecule has 146 valence electrons. The molecule has 1 aliphatic heterocycles. The Bertz CT molecular complexity index is 736. The Morgan fingerprint density at radius 3 is 2.56 bits per heavy atom. The zero-order valence-electron chi connectivity index (χ0n) is 16.3. The van der Waals surface area contributed by atoms with Crippen molar-refractivity contribution >= 4 is 11.7 Å². The van der Waals surface area contributed by atoms with Crippen LogP contribution in [0.3, 0.4) is 0 Å². The molecule has 1 saturated heterocycles. The van der Waals surface area contributed by atoms with E-state index in [1.54, 1.807) is 20.1 Å². The van der Waals surface area contributed by atoms with Crippen molar-refractivity contribution in [3.63, 3.8) is 0 Å². The van der Waals surface area contributed by atoms with Gasteiger partial charge in [-0.2, -0.15) is 0 Å². The van der Waals surface area contributed by atoms with Crippen molar-refractivity contribution in [3.8, 4) is 5.75 Å². The van der Waals surface area contributed by atoms with Crippen LogP contribution in [0.2, 0.25) is 0 Å². The molecule has 7 heteroatoms. The molecule has 3 rings (SSSR count). The van der Waals surface area contributed by atoms with E-state index in [-0.39, 0.29) is 11.9 Å². The summed E-state index contributed by atoms with van der Waals surface area (Å²) in [6.07, 6.45) is 1.02. The highest BCUT2D eigenvalue weighted by atomic mass is 16.5. The van der Waals surface area contributed by atoms with Gasteiger partial charge in [0, 0.05) is 38.8 Å². The molecule has 0 spiro atoms. The molecule has 1 amide bonds. The third kappa shape index (κ3) is 5.30. The Labute approximate surface area is 160 Å². The number of ether oxygens (including phenoxy) is 1. The first-order valence-electron chi connectivity index (χ1n) is 9.38. The molecule has 2 aromatic rings. The first-order valence-corrected chi connectivity index (χ1v) is 9.38. The number of rotatable bonds is 7. The van der Waals surface area contributed by atoms with E-state index in [4.69, 9.17) is 9.26 Å². The number of nitrogens with one attached hydrogen (secondary N) is 1. The summed E-state index contributed by atoms with van der Waals surface area (Å²) in [5.41, 5.74) is 1.31. The minimum Gasteiger partial charge on any atom is -0.497 e. The molecule has 0 aliphatic carbocycles. The van der Waals surface area contributed by atoms with Crippen molar-refractivity contribution in [2.45, 2.75) is 26.3 Å². The van der Waals surface area contributed by atoms with Crippen molar-refractivity contribution in [2.24, 2.45) is 0 Å². The molecule has 1 aromatic carbocycles. The number of hydrogen-bond acceptors (Lipinski definition) is 6. The highest BCUT2D eigenvalue weighted by Crippen LogP contribution is 2.14. The summed E-state index contributed by atoms with van der Waals surface area (Å²) in [5.74, 6) is 2.00. The number of aryl methyl sites for hydroxylation is 1. The van der Waals surface area contributed by atoms with Crippen molar-refractivity contribution in [3.05, 3.63) is 41.7 Å². The normalized spacial score (nSPS) is 16.9. The van der Waals surface area contributed by atoms with Crippen LogP contribution in [0.15, 0.2) is 34.9 Å². The van der Waals surface area contributed by atoms with Gasteiger partial charge in [0.25, 0.3) is 0 Å². The number of nitrogens with zero attached hydrogens (tertiary/aromatic N) is 3. The van der Waals surface area contributed by atoms with Gasteiger partial charge in [0.1, 0.15) is 11.5 Å². The molecule has 1 N–H and O–H groups in total. The lowest BCUT2D eigenvalue weighted by Gasteiger charge is -2.37. The zero-order valence-corrected chi connectivity index (χ0v) is 16.3. The fraction of sp³-hybridized carbons (Fsp3) is 0.500. The van der Waals surface area contributed by atoms with Crippen LogP contribution < -0.4 is 10.1 Å². The molecular weight excluding hydrogens is 344 g/mol. The largest absolute Gasteiger partial charge is 0.497 e. The van der Waals surface area contributed by atoms with Crippen molar-refractivity contribution in [1.29, 1.82) is 0 Å². The number of methoxy groups -OCH3 is 1. The molecular formula is C20H28N4O3. The molecule has 27 heavy (non-hydrogen) atoms. The lowest BCUT2D eigenvalue weighted by Crippen LogP contribution is -2.53. The standard InChI is InChI=1S/C20H28N4O3/c1-15-14-19(22-27-15)21-20(25)16(2)24-12-10-23(11-13-24)9-8-17-4-6-18(26-3)7-5-17/h4-7,14,16H,8-13H2,1-3H3,(H,21,22,25). The van der Waals surface area contributed by atoms with E-state index >= 15 is 0 Å². The number of carbonyl (C=O) groups excluding carboxylic acids is 1. The van der Waals surface area contributed by atoms with Crippen LogP contribution in [0, 0.1) is 6.92 Å². The Morgan fingerprint density at radius 1 is 1.26 bits per heavy atom. The second-order valence-corrected chi connectivity index (χ2v) is 6.96. The smallest absolute Gasteiger partial charge is 0.242 e. The van der Waals surface area contributed by atoms with E-state index in [1.807, 2.05) is 19.1 Å². The summed E-state index contributed by atoms with van der Waals surface area (Å²) in [6, 6.07) is 9.78. The van der Waals surface area contributed by atoms with Crippen LogP contribution in [0.25, 0.3) is 0 Å². The van der Waals surface area contributed by atoms with E-state index < -0.39 is 0 Å². The number of amides is 1. The Morgan fingerprint density at radius 2 is 1.96 bits per heavy atom. The van der Waals surface area contributed by atoms with E-state index in [1.165, 1.54) is 5.56 Å². The van der Waals surface area contributed by atoms with Crippen LogP contribution in [0.5, 0.6) is 5.75 Å². The summed E-state index contributed by atoms with van der Waals surface area (Å²) in [5, 5.41) is 6.64. The molecule has 1 unspecified atom stereocenters. The molecule has 7 nitrogen and oxygen atoms in total. The number of hydrogen-bond donors (Lipinski definition) is 1. The maximum atomic E-state index is 12.4. The highest BCUT2D eigenvalue weighted by Gasteiger charge is 2.25. The Hall–Kier alpha value is -2.38. The van der Waals surface area contributed by atoms with Gasteiger partial charge in [-0.05, 0) is 38.0 Å². The minimum atomic E-state index is -0.189. The van der Waals surface area contributed by atoms with Crippen LogP contribution in [-0.2, 0) is 11.2 Å². The maximum absolute atomic E-state index is 12.4. The fourth-order valence-electron chi connectivity index (χ4n) is 3.28. The molecule has 0 radical (unpaired) electrons. The topological polar surface area (TPSA) is 70.8 Å². The molecule has 1 aliphatic rings. The maximum Gasteiger partial charge on any atom is 0.242 e. The van der Waals surface area contributed by atoms with E-state index in [0.29, 0.717) is 11.6 Å². The quantitative estimate of drug-likeness (QED) is 0.803. The number of piperazine rings is 1. The van der Waals surface area contributed by atoms with Gasteiger partial charge < -0.3 is 19.5 Å². The van der Waals surface area contributed by atoms with E-state index in [0.717, 1.165) is 44.9 Å². The molecule has 1 aromatic heterocycles. The summed E-state index contributed by atoms with van der Waals surface area (Å²) in [4.78, 5) is 17.1. The van der Waals surface area contributed by atoms with Gasteiger partial charge in [0.05, 0.1) is 13.2 Å². The lowest BCUT2D eigenvalue weighted by molar-refractivity contribution is -0.121. The van der Waals surface area contributed by atoms with Gasteiger partial charge in [-0.1, -0.05) is 17.3 Å². The Kier molecular flexibility index (Phi) is 6.47. The van der Waals surface area contributed by atoms with Crippen LogP contribution in [0.4, 0.5) is 5.82 Å². The highest BCUT2D eigenvalue weighted by molar-refractivity contribution is 5.93. The van der Waals surface area contributed by atoms with Crippen molar-refractivity contribution in [1.82, 2.24) is 15.0 Å². The van der Waals surface area contributed by atoms with Crippen LogP contribution >= 0.6 is 0 Å². The zero-order chi connectivity index (χ0) is 19.2. The number of benzene rings is 1. The van der Waals surface area contributed by atoms with Gasteiger partial charge >= 0.3 is 0 Å². The second kappa shape index (κ2) is 9.01. The summed E-state index contributed by atoms with van der Waals surface area (Å²) < 4.78 is 10.2. The molecule has 0 bridgehead atoms. The van der Waals surface area contributed by atoms with Gasteiger partial charge in [-0.15, -0.1) is 0 Å². The monoisotopic (exact) mass is 372 g/mol. The minimum absolute atomic E-state index is 0.0463. The summed E-state index contributed by atoms with van der Waals surface area (Å²) >= 11 is 0. The second-order valence-electron chi connectivity index (χ2n) is 6.96. The first-order chi connectivity index (χ1) is 13.0. The number of carbonyl (C=O) groups is 1. The predicted octanol–water partition coefficient (Wildman–Crippen LogP) is 2.18. The van der Waals surface area contributed by atoms with E-state index in [9.17, 15) is 4.79 Å². The third-order valence-electron chi connectivity index (χ3n) is 5.09. The summed E-state index contributed by atoms with van der Waals surface area (Å²) in [6.45, 7) is 8.48. The number of aromatic nitrogens is 1. The molecule has 2 heterocycles. The fourth-order valence-corrected chi connectivity index (χ4v) is 3.28. The predicted molar refractivity (Wildman–Crippen MR) is 104 cm³/mol. The van der Waals surface area contributed by atoms with Gasteiger partial charge in [-0.25, -0.2) is 0 Å². The number of anilines is 1. The van der Waals surface area contributed by atoms with Gasteiger partial charge in [0.2, 0.25) is 5.91 Å². The Balaban J connectivity index is 1.41. The van der Waals surface area contributed by atoms with Crippen molar-refractivity contribution < 1.29 is 14.1 Å². The van der Waals surface area contributed by atoms with E-state index in [2.05, 4.69) is 32.4 Å². The van der Waals surface area contributed by atoms with Gasteiger partial charge in [0.15, 0.2) is 5.82 Å². The van der Waals surface area contributed by atoms with Crippen LogP contribution in [0.1, 0.15) is 18.2 Å². The molecule has 0 saturated carbocycles. The molecule has 1 fully saturated rings. The lowest BCUT2D eigenvalue weighted by atomic mass is 10.1. The third-order valence-corrected chi connectivity index (χ3v) is 5.09. The average molecular weight is 372 g/mol. The van der Waals surface area contributed by atoms with Crippen molar-refractivity contribution in [2.75, 3.05) is 45.2 Å². The van der Waals surface area contributed by atoms with Crippen LogP contribution in [-0.4, -0.2) is 66.7 Å². The molecule has 1 atom stereocenters. The SMILES string of the molecule is COc1ccc(CCN2CCN(C(C)C(=O)Nc3cc(C)on3)CC2)cc1. The summed E-state index contributed by atoms with van der Waals surface area (Å²) in [7, 11) is 1.68. The first kappa shape index (κ1) is 19.4.